The van der Waals surface area contributed by atoms with Crippen molar-refractivity contribution in [1.82, 2.24) is 59.6 Å². The number of rotatable bonds is 15. The lowest BCUT2D eigenvalue weighted by Crippen LogP contribution is -2.49. The van der Waals surface area contributed by atoms with Crippen LogP contribution in [0.1, 0.15) is 121 Å². The SMILES string of the molecule is Cc1cc(-c2cc(Nc3cn(C)cn3)ncn2)ccc1CNC(=O)c1cnc(C(C)(C)C)s1.Cc1cc([B]OC(C)(C)C(C)(C)O)ccc1CNC(=O)c1cnc(C(C)(C)C)s1.Cn1cnc(Nc2cc(Cl)ncn2)c1. The number of anilines is 4. The van der Waals surface area contributed by atoms with Crippen molar-refractivity contribution in [2.24, 2.45) is 14.1 Å². The quantitative estimate of drug-likeness (QED) is 0.0476. The Morgan fingerprint density at radius 3 is 1.55 bits per heavy atom. The van der Waals surface area contributed by atoms with E-state index in [2.05, 4.69) is 109 Å². The molecule has 0 saturated carbocycles. The number of amides is 2. The Kier molecular flexibility index (Phi) is 19.1. The van der Waals surface area contributed by atoms with Gasteiger partial charge in [0.05, 0.1) is 52.0 Å². The first kappa shape index (κ1) is 58.4. The third-order valence-corrected chi connectivity index (χ3v) is 14.9. The molecule has 6 heterocycles. The van der Waals surface area contributed by atoms with E-state index in [4.69, 9.17) is 16.3 Å². The lowest BCUT2D eigenvalue weighted by molar-refractivity contribution is -0.0893. The fourth-order valence-electron chi connectivity index (χ4n) is 6.58. The van der Waals surface area contributed by atoms with Crippen molar-refractivity contribution in [1.29, 1.82) is 0 Å². The highest BCUT2D eigenvalue weighted by atomic mass is 35.5. The predicted molar refractivity (Wildman–Crippen MR) is 304 cm³/mol. The van der Waals surface area contributed by atoms with Gasteiger partial charge in [-0.15, -0.1) is 22.7 Å². The van der Waals surface area contributed by atoms with Gasteiger partial charge in [-0.3, -0.25) is 9.59 Å². The number of nitrogens with one attached hydrogen (secondary N) is 4. The number of aromatic nitrogens is 10. The molecule has 0 fully saturated rings. The Hall–Kier alpha value is -6.91. The van der Waals surface area contributed by atoms with Crippen LogP contribution in [0.4, 0.5) is 23.3 Å². The van der Waals surface area contributed by atoms with E-state index in [9.17, 15) is 14.7 Å². The first-order chi connectivity index (χ1) is 35.6. The summed E-state index contributed by atoms with van der Waals surface area (Å²) in [6.07, 6.45) is 13.4. The van der Waals surface area contributed by atoms with E-state index < -0.39 is 11.2 Å². The molecule has 0 aliphatic rings. The maximum Gasteiger partial charge on any atom is 0.330 e. The number of carbonyl (C=O) groups excluding carboxylic acids is 2. The minimum absolute atomic E-state index is 0.0615. The van der Waals surface area contributed by atoms with Crippen molar-refractivity contribution in [3.8, 4) is 11.3 Å². The standard InChI is InChI=1S/C24H27N7OS.C22H32BN2O3S.C8H8ClN5/c1-15-8-16(18-9-20(28-13-27-18)30-21-12-31(5)14-29-21)6-7-17(15)10-25-22(32)19-11-26-23(33-19)24(2,3)4;1-14-11-16(23-28-22(7,8)21(5,6)27)10-9-15(14)12-24-18(26)17-13-25-19(29-17)20(2,3)4;1-14-3-8(12-5-14)13-7-2-6(9)10-4-11-7/h6-9,11-14H,10H2,1-5H3,(H,25,32)(H,27,28,30);9-11,13,27H,12H2,1-8H3,(H,24,26);2-5H,1H3,(H,10,11,13). The van der Waals surface area contributed by atoms with E-state index in [0.717, 1.165) is 60.6 Å². The zero-order chi connectivity index (χ0) is 55.6. The Bertz CT molecular complexity index is 3240. The van der Waals surface area contributed by atoms with Gasteiger partial charge in [0.1, 0.15) is 50.8 Å². The minimum atomic E-state index is -0.966. The Morgan fingerprint density at radius 1 is 0.632 bits per heavy atom. The third kappa shape index (κ3) is 16.8. The van der Waals surface area contributed by atoms with Crippen molar-refractivity contribution in [3.05, 3.63) is 146 Å². The topological polar surface area (TPSA) is 225 Å². The number of benzene rings is 2. The Balaban J connectivity index is 0.000000199. The van der Waals surface area contributed by atoms with Crippen molar-refractivity contribution in [2.45, 2.75) is 118 Å². The summed E-state index contributed by atoms with van der Waals surface area (Å²) in [5.74, 6) is 2.54. The fraction of sp³-hybridized carbons (Fsp3) is 0.370. The minimum Gasteiger partial charge on any atom is -0.427 e. The molecule has 8 aromatic rings. The molecule has 0 unspecified atom stereocenters. The molecule has 0 aliphatic heterocycles. The number of hydrogen-bond acceptors (Lipinski definition) is 16. The molecule has 18 nitrogen and oxygen atoms in total. The first-order valence-corrected chi connectivity index (χ1v) is 26.4. The van der Waals surface area contributed by atoms with Gasteiger partial charge in [-0.2, -0.15) is 0 Å². The summed E-state index contributed by atoms with van der Waals surface area (Å²) in [4.78, 5) is 59.9. The van der Waals surface area contributed by atoms with Crippen molar-refractivity contribution < 1.29 is 19.3 Å². The van der Waals surface area contributed by atoms with Crippen LogP contribution in [0.3, 0.4) is 0 Å². The average molecular weight is 1090 g/mol. The molecule has 76 heavy (non-hydrogen) atoms. The molecule has 6 aromatic heterocycles. The van der Waals surface area contributed by atoms with Gasteiger partial charge in [0.25, 0.3) is 11.8 Å². The summed E-state index contributed by atoms with van der Waals surface area (Å²) < 4.78 is 9.51. The maximum absolute atomic E-state index is 12.6. The Morgan fingerprint density at radius 2 is 1.12 bits per heavy atom. The second-order valence-electron chi connectivity index (χ2n) is 21.2. The molecule has 8 rings (SSSR count). The summed E-state index contributed by atoms with van der Waals surface area (Å²) in [5, 5.41) is 24.7. The summed E-state index contributed by atoms with van der Waals surface area (Å²) >= 11 is 8.58. The van der Waals surface area contributed by atoms with Crippen molar-refractivity contribution in [3.63, 3.8) is 0 Å². The number of nitrogens with zero attached hydrogens (tertiary/aromatic N) is 10. The first-order valence-electron chi connectivity index (χ1n) is 24.3. The highest BCUT2D eigenvalue weighted by Gasteiger charge is 2.35. The van der Waals surface area contributed by atoms with Crippen LogP contribution in [-0.2, 0) is 42.7 Å². The maximum atomic E-state index is 12.6. The summed E-state index contributed by atoms with van der Waals surface area (Å²) in [6.45, 7) is 24.6. The van der Waals surface area contributed by atoms with Crippen molar-refractivity contribution >= 4 is 82.3 Å². The monoisotopic (exact) mass is 1090 g/mol. The largest absolute Gasteiger partial charge is 0.427 e. The van der Waals surface area contributed by atoms with Gasteiger partial charge < -0.3 is 40.2 Å². The number of thiazole rings is 2. The number of aryl methyl sites for hydroxylation is 4. The van der Waals surface area contributed by atoms with Gasteiger partial charge in [-0.05, 0) is 69.9 Å². The zero-order valence-electron chi connectivity index (χ0n) is 45.6. The van der Waals surface area contributed by atoms with E-state index in [1.165, 1.54) is 35.3 Å². The third-order valence-electron chi connectivity index (χ3n) is 11.8. The van der Waals surface area contributed by atoms with Gasteiger partial charge in [-0.1, -0.05) is 88.9 Å². The molecule has 0 aliphatic carbocycles. The number of carbonyl (C=O) groups is 2. The van der Waals surface area contributed by atoms with E-state index in [1.54, 1.807) is 52.4 Å². The van der Waals surface area contributed by atoms with Gasteiger partial charge >= 0.3 is 7.48 Å². The molecular formula is C54H67BClN14O4S2. The van der Waals surface area contributed by atoms with Gasteiger partial charge in [0.15, 0.2) is 0 Å². The molecule has 1 radical (unpaired) electrons. The summed E-state index contributed by atoms with van der Waals surface area (Å²) in [7, 11) is 5.47. The highest BCUT2D eigenvalue weighted by Crippen LogP contribution is 2.29. The van der Waals surface area contributed by atoms with E-state index in [-0.39, 0.29) is 22.6 Å². The number of hydrogen-bond donors (Lipinski definition) is 5. The van der Waals surface area contributed by atoms with E-state index >= 15 is 0 Å². The number of aliphatic hydroxyl groups is 1. The van der Waals surface area contributed by atoms with Gasteiger partial charge in [0, 0.05) is 68.1 Å². The van der Waals surface area contributed by atoms with Crippen LogP contribution in [-0.4, -0.2) is 84.6 Å². The molecule has 2 amide bonds. The predicted octanol–water partition coefficient (Wildman–Crippen LogP) is 9.71. The second kappa shape index (κ2) is 24.8. The van der Waals surface area contributed by atoms with Crippen LogP contribution < -0.4 is 26.7 Å². The van der Waals surface area contributed by atoms with E-state index in [0.29, 0.717) is 39.6 Å². The smallest absolute Gasteiger partial charge is 0.330 e. The molecule has 2 aromatic carbocycles. The lowest BCUT2D eigenvalue weighted by atomic mass is 9.81. The molecular weight excluding hydrogens is 1020 g/mol. The van der Waals surface area contributed by atoms with Crippen molar-refractivity contribution in [2.75, 3.05) is 10.6 Å². The van der Waals surface area contributed by atoms with Crippen LogP contribution in [0.15, 0.2) is 98.6 Å². The summed E-state index contributed by atoms with van der Waals surface area (Å²) in [6, 6.07) is 15.6. The lowest BCUT2D eigenvalue weighted by Gasteiger charge is -2.37. The second-order valence-corrected chi connectivity index (χ2v) is 23.6. The van der Waals surface area contributed by atoms with Crippen LogP contribution in [0.2, 0.25) is 5.15 Å². The average Bonchev–Trinajstić information content (AvgIpc) is 4.19. The molecule has 5 N–H and O–H groups in total. The molecule has 0 spiro atoms. The van der Waals surface area contributed by atoms with Gasteiger partial charge in [-0.25, -0.2) is 39.9 Å². The molecule has 0 saturated heterocycles. The zero-order valence-corrected chi connectivity index (χ0v) is 48.0. The Labute approximate surface area is 459 Å². The van der Waals surface area contributed by atoms with Crippen LogP contribution >= 0.6 is 34.3 Å². The van der Waals surface area contributed by atoms with Gasteiger partial charge in [0.2, 0.25) is 0 Å². The van der Waals surface area contributed by atoms with E-state index in [1.807, 2.05) is 99.7 Å². The molecule has 0 atom stereocenters. The normalized spacial score (nSPS) is 11.7. The molecule has 22 heteroatoms. The van der Waals surface area contributed by atoms with Crippen LogP contribution in [0.25, 0.3) is 11.3 Å². The van der Waals surface area contributed by atoms with Crippen LogP contribution in [0.5, 0.6) is 0 Å². The number of halogens is 1. The fourth-order valence-corrected chi connectivity index (χ4v) is 8.51. The highest BCUT2D eigenvalue weighted by molar-refractivity contribution is 7.14. The summed E-state index contributed by atoms with van der Waals surface area (Å²) in [5.41, 5.74) is 5.11. The van der Waals surface area contributed by atoms with Crippen LogP contribution in [0, 0.1) is 13.8 Å². The number of imidazole rings is 2. The molecule has 399 valence electrons. The molecule has 0 bridgehead atoms.